The van der Waals surface area contributed by atoms with Crippen LogP contribution in [0.15, 0.2) is 51.2 Å². The average Bonchev–Trinajstić information content (AvgIpc) is 3.35. The number of nitrogens with one attached hydrogen (secondary N) is 1. The number of thioether (sulfide) groups is 2. The molecule has 2 amide bonds. The molecule has 0 aliphatic carbocycles. The molecule has 1 fully saturated rings. The Balaban J connectivity index is 1.45. The lowest BCUT2D eigenvalue weighted by Crippen LogP contribution is -2.71. The van der Waals surface area contributed by atoms with Gasteiger partial charge in [-0.25, -0.2) is 14.6 Å². The molecule has 2 aliphatic rings. The van der Waals surface area contributed by atoms with Crippen LogP contribution in [0.3, 0.4) is 0 Å². The Labute approximate surface area is 235 Å². The van der Waals surface area contributed by atoms with Gasteiger partial charge in [0.15, 0.2) is 23.2 Å². The van der Waals surface area contributed by atoms with E-state index in [1.165, 1.54) is 28.4 Å². The summed E-state index contributed by atoms with van der Waals surface area (Å²) in [6, 6.07) is 1.84. The Morgan fingerprint density at radius 3 is 2.67 bits per heavy atom. The van der Waals surface area contributed by atoms with Crippen LogP contribution in [0.25, 0.3) is 0 Å². The van der Waals surface area contributed by atoms with Crippen LogP contribution in [0.1, 0.15) is 25.6 Å². The second-order valence-electron chi connectivity index (χ2n) is 8.33. The summed E-state index contributed by atoms with van der Waals surface area (Å²) in [4.78, 5) is 60.5. The second-order valence-corrected chi connectivity index (χ2v) is 11.4. The number of nitrogens with two attached hydrogens (primary N) is 1. The smallest absolute Gasteiger partial charge is 0.373 e. The molecule has 4 heterocycles. The summed E-state index contributed by atoms with van der Waals surface area (Å²) in [5, 5.41) is 26.7. The zero-order valence-electron chi connectivity index (χ0n) is 20.8. The van der Waals surface area contributed by atoms with Crippen molar-refractivity contribution in [2.45, 2.75) is 36.2 Å². The van der Waals surface area contributed by atoms with Crippen LogP contribution in [-0.2, 0) is 24.0 Å². The average molecular weight is 594 g/mol. The van der Waals surface area contributed by atoms with Crippen molar-refractivity contribution in [3.63, 3.8) is 0 Å². The highest BCUT2D eigenvalue weighted by molar-refractivity contribution is 8.01. The number of fused-ring (bicyclic) bond motifs is 1. The zero-order chi connectivity index (χ0) is 28.3. The first-order valence-corrected chi connectivity index (χ1v) is 14.5. The molecule has 2 aromatic heterocycles. The fraction of sp³-hybridized carbons (Fsp3) is 0.348. The lowest BCUT2D eigenvalue weighted by atomic mass is 10.0. The molecule has 1 unspecified atom stereocenters. The van der Waals surface area contributed by atoms with Crippen LogP contribution < -0.4 is 15.6 Å². The van der Waals surface area contributed by atoms with Gasteiger partial charge >= 0.3 is 11.9 Å². The highest BCUT2D eigenvalue weighted by Crippen LogP contribution is 2.41. The molecule has 5 N–H and O–H groups in total. The van der Waals surface area contributed by atoms with E-state index in [-0.39, 0.29) is 28.8 Å². The molecule has 3 atom stereocenters. The van der Waals surface area contributed by atoms with Crippen LogP contribution in [0.2, 0.25) is 0 Å². The van der Waals surface area contributed by atoms with Crippen molar-refractivity contribution in [3.05, 3.63) is 46.9 Å². The normalized spacial score (nSPS) is 19.7. The summed E-state index contributed by atoms with van der Waals surface area (Å²) in [7, 11) is 0. The number of carbonyl (C=O) groups excluding carboxylic acids is 2. The highest BCUT2D eigenvalue weighted by atomic mass is 32.2. The minimum absolute atomic E-state index is 0.0947. The highest BCUT2D eigenvalue weighted by Gasteiger charge is 2.54. The number of carboxylic acid groups (broad SMARTS) is 2. The number of nitrogen functional groups attached to an aromatic ring is 1. The standard InChI is InChI=1S/C23H24N6O7S3/c1-3-36-27-15(14-10-39-23(24)25-14)18(30)26-16-19(31)29-17(22(34)35)12(9-38-20(16)29)8-37-13-4-6-28(7-5-13)11(2)21(32)33/h4-7,10-11,16,20H,3,8-9H2,1-2H3,(H4-,24,25,26,30,32,33,34,35)/p+1/b27-15-/t11?,16-,20-/m1/s1. The van der Waals surface area contributed by atoms with Crippen molar-refractivity contribution in [2.75, 3.05) is 23.8 Å². The van der Waals surface area contributed by atoms with Crippen molar-refractivity contribution in [1.82, 2.24) is 15.2 Å². The Morgan fingerprint density at radius 1 is 1.36 bits per heavy atom. The number of pyridine rings is 1. The predicted molar refractivity (Wildman–Crippen MR) is 144 cm³/mol. The van der Waals surface area contributed by atoms with Gasteiger partial charge in [0.05, 0.1) is 0 Å². The quantitative estimate of drug-likeness (QED) is 0.0954. The van der Waals surface area contributed by atoms with E-state index in [0.717, 1.165) is 16.2 Å². The van der Waals surface area contributed by atoms with Gasteiger partial charge in [0, 0.05) is 40.8 Å². The number of carboxylic acids is 2. The topological polar surface area (TPSA) is 188 Å². The number of amides is 2. The van der Waals surface area contributed by atoms with Crippen LogP contribution >= 0.6 is 34.9 Å². The number of hydrogen-bond acceptors (Lipinski definition) is 11. The van der Waals surface area contributed by atoms with Gasteiger partial charge in [-0.15, -0.1) is 34.9 Å². The van der Waals surface area contributed by atoms with E-state index in [1.54, 1.807) is 48.3 Å². The molecule has 0 saturated carbocycles. The zero-order valence-corrected chi connectivity index (χ0v) is 23.2. The number of hydrogen-bond donors (Lipinski definition) is 4. The predicted octanol–water partition coefficient (Wildman–Crippen LogP) is 0.930. The molecule has 4 rings (SSSR count). The number of carbonyl (C=O) groups is 4. The van der Waals surface area contributed by atoms with Gasteiger partial charge in [-0.3, -0.25) is 14.5 Å². The maximum absolute atomic E-state index is 13.0. The molecule has 13 nitrogen and oxygen atoms in total. The van der Waals surface area contributed by atoms with Crippen LogP contribution in [0.5, 0.6) is 0 Å². The Bertz CT molecular complexity index is 1360. The van der Waals surface area contributed by atoms with E-state index < -0.39 is 41.2 Å². The summed E-state index contributed by atoms with van der Waals surface area (Å²) < 4.78 is 1.55. The molecule has 16 heteroatoms. The third-order valence-corrected chi connectivity index (χ3v) is 8.95. The molecule has 0 bridgehead atoms. The van der Waals surface area contributed by atoms with E-state index in [2.05, 4.69) is 15.5 Å². The number of aliphatic carboxylic acids is 2. The molecular weight excluding hydrogens is 568 g/mol. The summed E-state index contributed by atoms with van der Waals surface area (Å²) in [6.45, 7) is 3.48. The van der Waals surface area contributed by atoms with Crippen LogP contribution in [0.4, 0.5) is 5.13 Å². The van der Waals surface area contributed by atoms with Crippen LogP contribution in [0, 0.1) is 0 Å². The molecule has 1 saturated heterocycles. The summed E-state index contributed by atoms with van der Waals surface area (Å²) >= 11 is 3.85. The van der Waals surface area contributed by atoms with Gasteiger partial charge in [0.2, 0.25) is 0 Å². The SMILES string of the molecule is CCO/N=C(\C(=O)N[C@@H]1C(=O)N2C(C(=O)O)=C(CSc3cc[n+](C(C)C(=O)O)cc3)CS[C@H]12)c1csc(N)n1. The van der Waals surface area contributed by atoms with Gasteiger partial charge in [-0.1, -0.05) is 5.16 Å². The van der Waals surface area contributed by atoms with E-state index in [1.807, 2.05) is 0 Å². The van der Waals surface area contributed by atoms with Crippen molar-refractivity contribution < 1.29 is 38.8 Å². The maximum Gasteiger partial charge on any atom is 0.373 e. The fourth-order valence-corrected chi connectivity index (χ4v) is 6.73. The van der Waals surface area contributed by atoms with Gasteiger partial charge in [-0.05, 0) is 12.5 Å². The number of anilines is 1. The Hall–Kier alpha value is -3.63. The maximum atomic E-state index is 13.0. The minimum Gasteiger partial charge on any atom is -0.477 e. The minimum atomic E-state index is -1.23. The van der Waals surface area contributed by atoms with Gasteiger partial charge < -0.3 is 26.1 Å². The first-order valence-electron chi connectivity index (χ1n) is 11.6. The van der Waals surface area contributed by atoms with E-state index in [9.17, 15) is 24.3 Å². The van der Waals surface area contributed by atoms with Gasteiger partial charge in [-0.2, -0.15) is 4.57 Å². The van der Waals surface area contributed by atoms with Crippen molar-refractivity contribution in [1.29, 1.82) is 0 Å². The monoisotopic (exact) mass is 593 g/mol. The summed E-state index contributed by atoms with van der Waals surface area (Å²) in [5.41, 5.74) is 6.22. The molecule has 0 radical (unpaired) electrons. The Morgan fingerprint density at radius 2 is 2.08 bits per heavy atom. The number of rotatable bonds is 11. The van der Waals surface area contributed by atoms with Crippen molar-refractivity contribution >= 4 is 69.5 Å². The largest absolute Gasteiger partial charge is 0.477 e. The summed E-state index contributed by atoms with van der Waals surface area (Å²) in [6.07, 6.45) is 3.29. The number of thiazole rings is 1. The molecule has 39 heavy (non-hydrogen) atoms. The molecule has 2 aliphatic heterocycles. The van der Waals surface area contributed by atoms with Crippen LogP contribution in [-0.4, -0.2) is 79.1 Å². The number of β-lactam (4-membered cyclic amide) rings is 1. The second kappa shape index (κ2) is 12.0. The third-order valence-electron chi connectivity index (χ3n) is 5.84. The van der Waals surface area contributed by atoms with Gasteiger partial charge in [0.25, 0.3) is 17.9 Å². The van der Waals surface area contributed by atoms with E-state index >= 15 is 0 Å². The van der Waals surface area contributed by atoms with E-state index in [4.69, 9.17) is 15.7 Å². The summed E-state index contributed by atoms with van der Waals surface area (Å²) in [5.74, 6) is -2.75. The van der Waals surface area contributed by atoms with E-state index in [0.29, 0.717) is 17.1 Å². The molecule has 0 aromatic carbocycles. The lowest BCUT2D eigenvalue weighted by molar-refractivity contribution is -0.707. The van der Waals surface area contributed by atoms with Gasteiger partial charge in [0.1, 0.15) is 29.4 Å². The first kappa shape index (κ1) is 28.4. The fourth-order valence-electron chi connectivity index (χ4n) is 3.81. The Kier molecular flexibility index (Phi) is 8.76. The number of nitrogens with zero attached hydrogens (tertiary/aromatic N) is 4. The third kappa shape index (κ3) is 6.02. The number of aromatic nitrogens is 2. The van der Waals surface area contributed by atoms with Crippen molar-refractivity contribution in [2.24, 2.45) is 5.16 Å². The van der Waals surface area contributed by atoms with Crippen molar-refractivity contribution in [3.8, 4) is 0 Å². The number of oxime groups is 1. The molecule has 0 spiro atoms. The lowest BCUT2D eigenvalue weighted by Gasteiger charge is -2.49. The first-order chi connectivity index (χ1) is 18.6. The molecule has 206 valence electrons. The molecular formula is C23H25N6O7S3+. The molecule has 2 aromatic rings.